The number of aromatic nitrogens is 3. The van der Waals surface area contributed by atoms with E-state index in [9.17, 15) is 8.42 Å². The monoisotopic (exact) mass is 555 g/mol. The predicted octanol–water partition coefficient (Wildman–Crippen LogP) is 5.23. The Kier molecular flexibility index (Phi) is 7.99. The number of rotatable bonds is 9. The SMILES string of the molecule is O=S(=O)(CCc1cccc(Oc2ncsc2-c2ccnc(N[C@H]3CCCNC3)n2)c1)c1ccccc1Cl. The van der Waals surface area contributed by atoms with E-state index in [1.165, 1.54) is 17.4 Å². The Morgan fingerprint density at radius 2 is 2.03 bits per heavy atom. The third-order valence-electron chi connectivity index (χ3n) is 6.00. The van der Waals surface area contributed by atoms with Crippen molar-refractivity contribution in [2.24, 2.45) is 0 Å². The molecule has 1 saturated heterocycles. The quantitative estimate of drug-likeness (QED) is 0.289. The lowest BCUT2D eigenvalue weighted by Crippen LogP contribution is -2.38. The summed E-state index contributed by atoms with van der Waals surface area (Å²) in [5.74, 6) is 1.53. The van der Waals surface area contributed by atoms with E-state index >= 15 is 0 Å². The molecule has 0 amide bonds. The van der Waals surface area contributed by atoms with Gasteiger partial charge >= 0.3 is 0 Å². The lowest BCUT2D eigenvalue weighted by atomic mass is 10.1. The fourth-order valence-electron chi connectivity index (χ4n) is 4.13. The second kappa shape index (κ2) is 11.6. The van der Waals surface area contributed by atoms with E-state index < -0.39 is 9.84 Å². The summed E-state index contributed by atoms with van der Waals surface area (Å²) in [5.41, 5.74) is 3.27. The first kappa shape index (κ1) is 25.6. The van der Waals surface area contributed by atoms with E-state index in [-0.39, 0.29) is 15.7 Å². The minimum Gasteiger partial charge on any atom is -0.437 e. The molecule has 1 atom stereocenters. The van der Waals surface area contributed by atoms with Gasteiger partial charge in [-0.05, 0) is 61.7 Å². The number of halogens is 1. The van der Waals surface area contributed by atoms with Gasteiger partial charge in [-0.1, -0.05) is 35.9 Å². The highest BCUT2D eigenvalue weighted by atomic mass is 35.5. The van der Waals surface area contributed by atoms with Crippen molar-refractivity contribution in [2.75, 3.05) is 24.2 Å². The summed E-state index contributed by atoms with van der Waals surface area (Å²) < 4.78 is 31.7. The van der Waals surface area contributed by atoms with Crippen molar-refractivity contribution >= 4 is 38.7 Å². The second-order valence-corrected chi connectivity index (χ2v) is 12.0. The number of aryl methyl sites for hydroxylation is 1. The van der Waals surface area contributed by atoms with Gasteiger partial charge in [0, 0.05) is 18.8 Å². The number of ether oxygens (including phenoxy) is 1. The predicted molar refractivity (Wildman–Crippen MR) is 146 cm³/mol. The van der Waals surface area contributed by atoms with Gasteiger partial charge in [-0.3, -0.25) is 0 Å². The van der Waals surface area contributed by atoms with E-state index in [2.05, 4.69) is 25.6 Å². The third-order valence-corrected chi connectivity index (χ3v) is 9.04. The number of anilines is 1. The highest BCUT2D eigenvalue weighted by molar-refractivity contribution is 7.91. The molecule has 3 heterocycles. The molecule has 1 aliphatic rings. The Morgan fingerprint density at radius 1 is 1.14 bits per heavy atom. The minimum absolute atomic E-state index is 0.0602. The lowest BCUT2D eigenvalue weighted by molar-refractivity contribution is 0.467. The Labute approximate surface area is 225 Å². The smallest absolute Gasteiger partial charge is 0.239 e. The van der Waals surface area contributed by atoms with Crippen LogP contribution in [0, 0.1) is 0 Å². The van der Waals surface area contributed by atoms with Crippen LogP contribution < -0.4 is 15.4 Å². The summed E-state index contributed by atoms with van der Waals surface area (Å²) in [6.07, 6.45) is 4.25. The zero-order chi connectivity index (χ0) is 25.7. The maximum Gasteiger partial charge on any atom is 0.239 e. The van der Waals surface area contributed by atoms with Gasteiger partial charge in [0.2, 0.25) is 11.8 Å². The Balaban J connectivity index is 1.28. The molecule has 0 unspecified atom stereocenters. The molecule has 2 N–H and O–H groups in total. The largest absolute Gasteiger partial charge is 0.437 e. The molecule has 0 radical (unpaired) electrons. The van der Waals surface area contributed by atoms with Crippen molar-refractivity contribution in [1.82, 2.24) is 20.3 Å². The van der Waals surface area contributed by atoms with Crippen LogP contribution in [-0.2, 0) is 16.3 Å². The standard InChI is InChI=1S/C26H26ClN5O3S2/c27-21-8-1-2-9-23(21)37(33,34)14-11-18-5-3-7-20(15-18)35-25-24(36-17-30-25)22-10-13-29-26(32-22)31-19-6-4-12-28-16-19/h1-3,5,7-10,13,15,17,19,28H,4,6,11-12,14,16H2,(H,29,31,32)/t19-/m0/s1. The summed E-state index contributed by atoms with van der Waals surface area (Å²) in [7, 11) is -3.52. The van der Waals surface area contributed by atoms with Gasteiger partial charge in [0.1, 0.15) is 10.6 Å². The number of piperidine rings is 1. The summed E-state index contributed by atoms with van der Waals surface area (Å²) >= 11 is 7.53. The topological polar surface area (TPSA) is 106 Å². The summed E-state index contributed by atoms with van der Waals surface area (Å²) in [5, 5.41) is 7.01. The first-order valence-electron chi connectivity index (χ1n) is 12.0. The van der Waals surface area contributed by atoms with Crippen LogP contribution >= 0.6 is 22.9 Å². The van der Waals surface area contributed by atoms with E-state index in [4.69, 9.17) is 16.3 Å². The van der Waals surface area contributed by atoms with Gasteiger partial charge in [0.05, 0.1) is 26.9 Å². The average molecular weight is 556 g/mol. The fraction of sp³-hybridized carbons (Fsp3) is 0.269. The van der Waals surface area contributed by atoms with Crippen molar-refractivity contribution < 1.29 is 13.2 Å². The molecule has 2 aromatic heterocycles. The van der Waals surface area contributed by atoms with Gasteiger partial charge < -0.3 is 15.4 Å². The fourth-order valence-corrected chi connectivity index (χ4v) is 6.67. The second-order valence-electron chi connectivity index (χ2n) is 8.69. The molecule has 192 valence electrons. The number of sulfone groups is 1. The number of thiazole rings is 1. The van der Waals surface area contributed by atoms with Gasteiger partial charge in [-0.15, -0.1) is 11.3 Å². The third kappa shape index (κ3) is 6.45. The molecule has 0 aliphatic carbocycles. The number of nitrogens with one attached hydrogen (secondary N) is 2. The Morgan fingerprint density at radius 3 is 2.86 bits per heavy atom. The van der Waals surface area contributed by atoms with Crippen LogP contribution in [0.1, 0.15) is 18.4 Å². The van der Waals surface area contributed by atoms with Crippen molar-refractivity contribution in [1.29, 1.82) is 0 Å². The molecular formula is C26H26ClN5O3S2. The molecular weight excluding hydrogens is 530 g/mol. The van der Waals surface area contributed by atoms with Crippen LogP contribution in [0.4, 0.5) is 5.95 Å². The number of hydrogen-bond acceptors (Lipinski definition) is 9. The average Bonchev–Trinajstić information content (AvgIpc) is 3.37. The molecule has 4 aromatic rings. The van der Waals surface area contributed by atoms with Crippen LogP contribution in [0.3, 0.4) is 0 Å². The molecule has 0 saturated carbocycles. The zero-order valence-corrected chi connectivity index (χ0v) is 22.3. The van der Waals surface area contributed by atoms with E-state index in [1.807, 2.05) is 30.3 Å². The van der Waals surface area contributed by atoms with Gasteiger partial charge in [-0.25, -0.2) is 23.4 Å². The van der Waals surface area contributed by atoms with Gasteiger partial charge in [0.25, 0.3) is 0 Å². The number of benzene rings is 2. The van der Waals surface area contributed by atoms with Gasteiger partial charge in [0.15, 0.2) is 9.84 Å². The van der Waals surface area contributed by atoms with Crippen LogP contribution in [0.5, 0.6) is 11.6 Å². The van der Waals surface area contributed by atoms with Crippen molar-refractivity contribution in [3.05, 3.63) is 76.9 Å². The van der Waals surface area contributed by atoms with Crippen LogP contribution in [0.25, 0.3) is 10.6 Å². The molecule has 2 aromatic carbocycles. The van der Waals surface area contributed by atoms with Crippen molar-refractivity contribution in [3.63, 3.8) is 0 Å². The lowest BCUT2D eigenvalue weighted by Gasteiger charge is -2.23. The molecule has 0 bridgehead atoms. The van der Waals surface area contributed by atoms with Crippen molar-refractivity contribution in [2.45, 2.75) is 30.2 Å². The molecule has 11 heteroatoms. The molecule has 8 nitrogen and oxygen atoms in total. The zero-order valence-electron chi connectivity index (χ0n) is 19.9. The molecule has 5 rings (SSSR count). The van der Waals surface area contributed by atoms with E-state index in [0.717, 1.165) is 42.1 Å². The highest BCUT2D eigenvalue weighted by Gasteiger charge is 2.19. The van der Waals surface area contributed by atoms with E-state index in [1.54, 1.807) is 29.9 Å². The normalized spacial score (nSPS) is 15.9. The summed E-state index contributed by atoms with van der Waals surface area (Å²) in [6.45, 7) is 1.93. The first-order valence-corrected chi connectivity index (χ1v) is 14.9. The minimum atomic E-state index is -3.52. The summed E-state index contributed by atoms with van der Waals surface area (Å²) in [6, 6.07) is 16.0. The highest BCUT2D eigenvalue weighted by Crippen LogP contribution is 2.35. The van der Waals surface area contributed by atoms with Gasteiger partial charge in [-0.2, -0.15) is 0 Å². The van der Waals surface area contributed by atoms with Crippen molar-refractivity contribution in [3.8, 4) is 22.2 Å². The molecule has 37 heavy (non-hydrogen) atoms. The summed E-state index contributed by atoms with van der Waals surface area (Å²) in [4.78, 5) is 14.4. The number of hydrogen-bond donors (Lipinski definition) is 2. The van der Waals surface area contributed by atoms with E-state index in [0.29, 0.717) is 30.0 Å². The molecule has 1 fully saturated rings. The number of nitrogens with zero attached hydrogens (tertiary/aromatic N) is 3. The van der Waals surface area contributed by atoms with Crippen LogP contribution in [-0.4, -0.2) is 48.3 Å². The molecule has 1 aliphatic heterocycles. The first-order chi connectivity index (χ1) is 18.0. The van der Waals surface area contributed by atoms with Crippen LogP contribution in [0.2, 0.25) is 5.02 Å². The maximum atomic E-state index is 12.8. The Hall–Kier alpha value is -3.05. The molecule has 0 spiro atoms. The maximum absolute atomic E-state index is 12.8. The Bertz CT molecular complexity index is 1470. The van der Waals surface area contributed by atoms with Crippen LogP contribution in [0.15, 0.2) is 71.2 Å².